The smallest absolute Gasteiger partial charge is 0.319 e. The number of pyridine rings is 1. The second-order valence-electron chi connectivity index (χ2n) is 7.35. The highest BCUT2D eigenvalue weighted by Crippen LogP contribution is 2.19. The van der Waals surface area contributed by atoms with Gasteiger partial charge in [0, 0.05) is 24.1 Å². The first-order valence-electron chi connectivity index (χ1n) is 9.94. The fourth-order valence-corrected chi connectivity index (χ4v) is 3.23. The average molecular weight is 413 g/mol. The number of imidazole rings is 1. The number of nitrogens with zero attached hydrogens (tertiary/aromatic N) is 2. The van der Waals surface area contributed by atoms with Gasteiger partial charge in [-0.3, -0.25) is 9.20 Å². The number of para-hydroxylation sites is 1. The summed E-state index contributed by atoms with van der Waals surface area (Å²) < 4.78 is 1.76. The largest absolute Gasteiger partial charge is 0.334 e. The fraction of sp³-hybridized carbons (Fsp3) is 0.125. The van der Waals surface area contributed by atoms with Gasteiger partial charge in [-0.1, -0.05) is 30.3 Å². The number of rotatable bonds is 5. The predicted molar refractivity (Wildman–Crippen MR) is 121 cm³/mol. The Kier molecular flexibility index (Phi) is 5.66. The van der Waals surface area contributed by atoms with Crippen molar-refractivity contribution in [2.45, 2.75) is 20.4 Å². The molecule has 2 aromatic heterocycles. The molecule has 0 fully saturated rings. The molecule has 3 amide bonds. The molecule has 0 atom stereocenters. The van der Waals surface area contributed by atoms with E-state index in [0.717, 1.165) is 28.0 Å². The van der Waals surface area contributed by atoms with Crippen LogP contribution in [0.2, 0.25) is 0 Å². The first-order chi connectivity index (χ1) is 15.0. The van der Waals surface area contributed by atoms with Crippen LogP contribution < -0.4 is 16.0 Å². The molecule has 7 nitrogen and oxygen atoms in total. The molecule has 0 aliphatic rings. The molecule has 31 heavy (non-hydrogen) atoms. The van der Waals surface area contributed by atoms with Crippen LogP contribution in [0, 0.1) is 13.8 Å². The highest BCUT2D eigenvalue weighted by atomic mass is 16.2. The molecular formula is C24H23N5O2. The molecule has 4 aromatic rings. The molecule has 3 N–H and O–H groups in total. The molecule has 0 bridgehead atoms. The van der Waals surface area contributed by atoms with E-state index in [9.17, 15) is 9.59 Å². The number of carbonyl (C=O) groups is 2. The second-order valence-corrected chi connectivity index (χ2v) is 7.35. The number of anilines is 2. The van der Waals surface area contributed by atoms with Crippen molar-refractivity contribution in [1.29, 1.82) is 0 Å². The molecular weight excluding hydrogens is 390 g/mol. The Bertz CT molecular complexity index is 1250. The molecule has 0 saturated heterocycles. The lowest BCUT2D eigenvalue weighted by molar-refractivity contribution is 0.102. The minimum atomic E-state index is -0.293. The van der Waals surface area contributed by atoms with Crippen molar-refractivity contribution in [2.75, 3.05) is 10.6 Å². The standard InChI is InChI=1S/C24H23N5O2/c1-16-10-11-29-21(15-25-22(29)12-16)23(30)28-20-13-18(9-8-17(20)2)14-26-24(31)27-19-6-4-3-5-7-19/h3-13,15H,14H2,1-2H3,(H,28,30)(H2,26,27,31). The number of benzene rings is 2. The van der Waals surface area contributed by atoms with Crippen LogP contribution in [0.4, 0.5) is 16.2 Å². The van der Waals surface area contributed by atoms with Crippen molar-refractivity contribution in [3.8, 4) is 0 Å². The molecule has 0 aliphatic heterocycles. The molecule has 0 radical (unpaired) electrons. The van der Waals surface area contributed by atoms with E-state index in [2.05, 4.69) is 20.9 Å². The number of aryl methyl sites for hydroxylation is 2. The van der Waals surface area contributed by atoms with E-state index in [0.29, 0.717) is 17.9 Å². The van der Waals surface area contributed by atoms with Gasteiger partial charge in [0.2, 0.25) is 0 Å². The number of nitrogens with one attached hydrogen (secondary N) is 3. The Labute approximate surface area is 180 Å². The van der Waals surface area contributed by atoms with Gasteiger partial charge < -0.3 is 16.0 Å². The third-order valence-electron chi connectivity index (χ3n) is 4.94. The summed E-state index contributed by atoms with van der Waals surface area (Å²) >= 11 is 0. The highest BCUT2D eigenvalue weighted by Gasteiger charge is 2.14. The van der Waals surface area contributed by atoms with Crippen molar-refractivity contribution < 1.29 is 9.59 Å². The molecule has 7 heteroatoms. The average Bonchev–Trinajstić information content (AvgIpc) is 3.18. The Morgan fingerprint density at radius 3 is 2.58 bits per heavy atom. The van der Waals surface area contributed by atoms with Crippen LogP contribution in [0.15, 0.2) is 73.1 Å². The van der Waals surface area contributed by atoms with Crippen LogP contribution >= 0.6 is 0 Å². The first-order valence-corrected chi connectivity index (χ1v) is 9.94. The van der Waals surface area contributed by atoms with E-state index in [4.69, 9.17) is 0 Å². The quantitative estimate of drug-likeness (QED) is 0.449. The third-order valence-corrected chi connectivity index (χ3v) is 4.94. The zero-order valence-corrected chi connectivity index (χ0v) is 17.3. The van der Waals surface area contributed by atoms with E-state index in [1.807, 2.05) is 80.7 Å². The summed E-state index contributed by atoms with van der Waals surface area (Å²) in [4.78, 5) is 29.3. The summed E-state index contributed by atoms with van der Waals surface area (Å²) in [7, 11) is 0. The molecule has 2 heterocycles. The number of urea groups is 1. The SMILES string of the molecule is Cc1ccn2c(C(=O)Nc3cc(CNC(=O)Nc4ccccc4)ccc3C)cnc2c1. The number of amides is 3. The summed E-state index contributed by atoms with van der Waals surface area (Å²) in [5.74, 6) is -0.244. The topological polar surface area (TPSA) is 87.5 Å². The molecule has 0 spiro atoms. The fourth-order valence-electron chi connectivity index (χ4n) is 3.23. The lowest BCUT2D eigenvalue weighted by atomic mass is 10.1. The van der Waals surface area contributed by atoms with Crippen LogP contribution in [-0.4, -0.2) is 21.3 Å². The summed E-state index contributed by atoms with van der Waals surface area (Å²) in [5, 5.41) is 8.57. The lowest BCUT2D eigenvalue weighted by Gasteiger charge is -2.12. The predicted octanol–water partition coefficient (Wildman–Crippen LogP) is 4.53. The Hall–Kier alpha value is -4.13. The van der Waals surface area contributed by atoms with E-state index < -0.39 is 0 Å². The molecule has 0 unspecified atom stereocenters. The van der Waals surface area contributed by atoms with E-state index in [1.165, 1.54) is 0 Å². The van der Waals surface area contributed by atoms with Gasteiger partial charge in [-0.15, -0.1) is 0 Å². The highest BCUT2D eigenvalue weighted by molar-refractivity contribution is 6.04. The second kappa shape index (κ2) is 8.71. The van der Waals surface area contributed by atoms with Crippen molar-refractivity contribution in [3.05, 3.63) is 95.4 Å². The molecule has 0 saturated carbocycles. The van der Waals surface area contributed by atoms with Gasteiger partial charge in [-0.25, -0.2) is 9.78 Å². The summed E-state index contributed by atoms with van der Waals surface area (Å²) in [6, 6.07) is 18.5. The normalized spacial score (nSPS) is 10.6. The van der Waals surface area contributed by atoms with Crippen LogP contribution in [0.3, 0.4) is 0 Å². The monoisotopic (exact) mass is 413 g/mol. The molecule has 4 rings (SSSR count). The first kappa shape index (κ1) is 20.2. The third kappa shape index (κ3) is 4.72. The van der Waals surface area contributed by atoms with Crippen LogP contribution in [0.1, 0.15) is 27.2 Å². The van der Waals surface area contributed by atoms with Crippen LogP contribution in [-0.2, 0) is 6.54 Å². The zero-order chi connectivity index (χ0) is 21.8. The van der Waals surface area contributed by atoms with E-state index in [1.54, 1.807) is 10.6 Å². The van der Waals surface area contributed by atoms with Crippen LogP contribution in [0.5, 0.6) is 0 Å². The van der Waals surface area contributed by atoms with Crippen LogP contribution in [0.25, 0.3) is 5.65 Å². The minimum absolute atomic E-state index is 0.244. The van der Waals surface area contributed by atoms with Crippen molar-refractivity contribution in [2.24, 2.45) is 0 Å². The van der Waals surface area contributed by atoms with Gasteiger partial charge in [0.15, 0.2) is 0 Å². The Morgan fingerprint density at radius 2 is 1.77 bits per heavy atom. The maximum atomic E-state index is 12.9. The number of hydrogen-bond donors (Lipinski definition) is 3. The van der Waals surface area contributed by atoms with Gasteiger partial charge >= 0.3 is 6.03 Å². The minimum Gasteiger partial charge on any atom is -0.334 e. The number of carbonyl (C=O) groups excluding carboxylic acids is 2. The van der Waals surface area contributed by atoms with Gasteiger partial charge in [-0.2, -0.15) is 0 Å². The van der Waals surface area contributed by atoms with Gasteiger partial charge in [-0.05, 0) is 60.9 Å². The molecule has 2 aromatic carbocycles. The zero-order valence-electron chi connectivity index (χ0n) is 17.3. The van der Waals surface area contributed by atoms with Crippen molar-refractivity contribution in [1.82, 2.24) is 14.7 Å². The summed E-state index contributed by atoms with van der Waals surface area (Å²) in [6.07, 6.45) is 3.41. The summed E-state index contributed by atoms with van der Waals surface area (Å²) in [5.41, 5.74) is 5.48. The van der Waals surface area contributed by atoms with Gasteiger partial charge in [0.25, 0.3) is 5.91 Å². The maximum Gasteiger partial charge on any atom is 0.319 e. The van der Waals surface area contributed by atoms with E-state index >= 15 is 0 Å². The lowest BCUT2D eigenvalue weighted by Crippen LogP contribution is -2.28. The van der Waals surface area contributed by atoms with E-state index in [-0.39, 0.29) is 11.9 Å². The molecule has 0 aliphatic carbocycles. The number of hydrogen-bond acceptors (Lipinski definition) is 3. The maximum absolute atomic E-state index is 12.9. The van der Waals surface area contributed by atoms with Crippen molar-refractivity contribution in [3.63, 3.8) is 0 Å². The van der Waals surface area contributed by atoms with Gasteiger partial charge in [0.1, 0.15) is 11.3 Å². The number of fused-ring (bicyclic) bond motifs is 1. The Balaban J connectivity index is 1.43. The van der Waals surface area contributed by atoms with Crippen molar-refractivity contribution >= 4 is 29.0 Å². The Morgan fingerprint density at radius 1 is 0.968 bits per heavy atom. The molecule has 156 valence electrons. The summed E-state index contributed by atoms with van der Waals surface area (Å²) in [6.45, 7) is 4.24. The number of aromatic nitrogens is 2. The van der Waals surface area contributed by atoms with Gasteiger partial charge in [0.05, 0.1) is 6.20 Å².